The molecule has 0 N–H and O–H groups in total. The monoisotopic (exact) mass is 380 g/mol. The second-order valence-corrected chi connectivity index (χ2v) is 10.5. The first-order valence-corrected chi connectivity index (χ1v) is 11.1. The number of pyridine rings is 1. The summed E-state index contributed by atoms with van der Waals surface area (Å²) in [5.41, 5.74) is -0.619. The van der Waals surface area contributed by atoms with Crippen LogP contribution in [0.25, 0.3) is 10.9 Å². The summed E-state index contributed by atoms with van der Waals surface area (Å²) in [6.07, 6.45) is 3.29. The van der Waals surface area contributed by atoms with Crippen LogP contribution in [-0.2, 0) is 19.9 Å². The number of sulfonamides is 1. The molecular weight excluding hydrogens is 360 g/mol. The fourth-order valence-electron chi connectivity index (χ4n) is 3.32. The van der Waals surface area contributed by atoms with Crippen LogP contribution in [0.15, 0.2) is 54.1 Å². The van der Waals surface area contributed by atoms with Crippen LogP contribution < -0.4 is 0 Å². The van der Waals surface area contributed by atoms with Gasteiger partial charge in [-0.25, -0.2) is 16.8 Å². The molecular formula is C17H20N2O4S2. The molecule has 0 spiro atoms. The first-order valence-electron chi connectivity index (χ1n) is 7.88. The summed E-state index contributed by atoms with van der Waals surface area (Å²) in [6, 6.07) is 8.50. The molecule has 0 amide bonds. The lowest BCUT2D eigenvalue weighted by Crippen LogP contribution is -2.50. The third-order valence-electron chi connectivity index (χ3n) is 4.54. The molecule has 1 aromatic heterocycles. The minimum atomic E-state index is -3.95. The summed E-state index contributed by atoms with van der Waals surface area (Å²) in [7, 11) is -7.20. The zero-order valence-electron chi connectivity index (χ0n) is 13.9. The third-order valence-corrected chi connectivity index (χ3v) is 8.49. The predicted octanol–water partition coefficient (Wildman–Crippen LogP) is 1.99. The third kappa shape index (κ3) is 3.21. The molecule has 3 rings (SSSR count). The van der Waals surface area contributed by atoms with Gasteiger partial charge in [0.15, 0.2) is 9.84 Å². The quantitative estimate of drug-likeness (QED) is 0.741. The van der Waals surface area contributed by atoms with E-state index >= 15 is 0 Å². The van der Waals surface area contributed by atoms with Crippen LogP contribution in [0.3, 0.4) is 0 Å². The van der Waals surface area contributed by atoms with Gasteiger partial charge in [0.05, 0.1) is 17.0 Å². The molecule has 0 radical (unpaired) electrons. The van der Waals surface area contributed by atoms with Crippen molar-refractivity contribution in [3.63, 3.8) is 0 Å². The minimum Gasteiger partial charge on any atom is -0.255 e. The SMILES string of the molecule is C=CCN([C@]1(C)CCS(=O)(=O)C1)S(=O)(=O)c1cccc2cccnc12. The number of sulfone groups is 1. The van der Waals surface area contributed by atoms with E-state index in [1.807, 2.05) is 0 Å². The molecule has 6 nitrogen and oxygen atoms in total. The van der Waals surface area contributed by atoms with Gasteiger partial charge in [0.1, 0.15) is 4.90 Å². The molecule has 2 heterocycles. The van der Waals surface area contributed by atoms with Crippen LogP contribution in [0.5, 0.6) is 0 Å². The van der Waals surface area contributed by atoms with Crippen molar-refractivity contribution in [1.29, 1.82) is 0 Å². The predicted molar refractivity (Wildman–Crippen MR) is 97.5 cm³/mol. The van der Waals surface area contributed by atoms with Crippen molar-refractivity contribution in [3.8, 4) is 0 Å². The van der Waals surface area contributed by atoms with Crippen molar-refractivity contribution in [3.05, 3.63) is 49.2 Å². The zero-order valence-corrected chi connectivity index (χ0v) is 15.6. The largest absolute Gasteiger partial charge is 0.255 e. The van der Waals surface area contributed by atoms with Crippen LogP contribution in [0, 0.1) is 0 Å². The van der Waals surface area contributed by atoms with E-state index in [-0.39, 0.29) is 29.4 Å². The van der Waals surface area contributed by atoms with E-state index in [1.165, 1.54) is 16.4 Å². The number of para-hydroxylation sites is 1. The summed E-state index contributed by atoms with van der Waals surface area (Å²) >= 11 is 0. The second kappa shape index (κ2) is 6.19. The fourth-order valence-corrected chi connectivity index (χ4v) is 7.48. The first kappa shape index (κ1) is 18.0. The van der Waals surface area contributed by atoms with Crippen LogP contribution in [0.1, 0.15) is 13.3 Å². The van der Waals surface area contributed by atoms with Crippen molar-refractivity contribution >= 4 is 30.8 Å². The van der Waals surface area contributed by atoms with Crippen molar-refractivity contribution in [2.45, 2.75) is 23.8 Å². The normalized spacial score (nSPS) is 23.1. The van der Waals surface area contributed by atoms with E-state index < -0.39 is 25.4 Å². The molecule has 8 heteroatoms. The Kier molecular flexibility index (Phi) is 4.47. The summed E-state index contributed by atoms with van der Waals surface area (Å²) in [5.74, 6) is -0.203. The number of nitrogens with zero attached hydrogens (tertiary/aromatic N) is 2. The highest BCUT2D eigenvalue weighted by Crippen LogP contribution is 2.35. The molecule has 1 aliphatic heterocycles. The molecule has 0 aliphatic carbocycles. The van der Waals surface area contributed by atoms with Gasteiger partial charge >= 0.3 is 0 Å². The highest BCUT2D eigenvalue weighted by molar-refractivity contribution is 7.92. The lowest BCUT2D eigenvalue weighted by atomic mass is 10.0. The summed E-state index contributed by atoms with van der Waals surface area (Å²) in [5, 5.41) is 0.714. The average molecular weight is 380 g/mol. The Morgan fingerprint density at radius 1 is 1.32 bits per heavy atom. The molecule has 0 saturated carbocycles. The Balaban J connectivity index is 2.17. The lowest BCUT2D eigenvalue weighted by molar-refractivity contribution is 0.252. The maximum absolute atomic E-state index is 13.4. The van der Waals surface area contributed by atoms with Crippen molar-refractivity contribution < 1.29 is 16.8 Å². The Morgan fingerprint density at radius 2 is 2.04 bits per heavy atom. The number of hydrogen-bond acceptors (Lipinski definition) is 5. The number of rotatable bonds is 5. The average Bonchev–Trinajstić information content (AvgIpc) is 2.85. The molecule has 2 aromatic rings. The lowest BCUT2D eigenvalue weighted by Gasteiger charge is -2.35. The molecule has 1 aromatic carbocycles. The first-order chi connectivity index (χ1) is 11.7. The maximum atomic E-state index is 13.4. The maximum Gasteiger partial charge on any atom is 0.246 e. The number of fused-ring (bicyclic) bond motifs is 1. The Bertz CT molecular complexity index is 1030. The van der Waals surface area contributed by atoms with Gasteiger partial charge in [-0.3, -0.25) is 4.98 Å². The summed E-state index contributed by atoms with van der Waals surface area (Å²) in [6.45, 7) is 5.35. The molecule has 1 atom stereocenters. The minimum absolute atomic E-state index is 0.0134. The van der Waals surface area contributed by atoms with Crippen LogP contribution in [0.2, 0.25) is 0 Å². The van der Waals surface area contributed by atoms with Crippen molar-refractivity contribution in [2.24, 2.45) is 0 Å². The number of benzene rings is 1. The molecule has 0 bridgehead atoms. The highest BCUT2D eigenvalue weighted by atomic mass is 32.2. The molecule has 1 saturated heterocycles. The Morgan fingerprint density at radius 3 is 2.68 bits per heavy atom. The van der Waals surface area contributed by atoms with Gasteiger partial charge in [-0.2, -0.15) is 4.31 Å². The van der Waals surface area contributed by atoms with Gasteiger partial charge < -0.3 is 0 Å². The second-order valence-electron chi connectivity index (χ2n) is 6.50. The van der Waals surface area contributed by atoms with Gasteiger partial charge in [0.25, 0.3) is 0 Å². The smallest absolute Gasteiger partial charge is 0.246 e. The van der Waals surface area contributed by atoms with Gasteiger partial charge in [-0.05, 0) is 25.5 Å². The Labute approximate surface area is 148 Å². The summed E-state index contributed by atoms with van der Waals surface area (Å²) in [4.78, 5) is 4.30. The van der Waals surface area contributed by atoms with Gasteiger partial charge in [0, 0.05) is 23.7 Å². The van der Waals surface area contributed by atoms with E-state index in [0.717, 1.165) is 0 Å². The van der Waals surface area contributed by atoms with Gasteiger partial charge in [-0.15, -0.1) is 6.58 Å². The standard InChI is InChI=1S/C17H20N2O4S2/c1-3-11-19(17(2)9-12-24(20,21)13-17)25(22,23)15-8-4-6-14-7-5-10-18-16(14)15/h3-8,10H,1,9,11-13H2,2H3/t17-/m1/s1. The van der Waals surface area contributed by atoms with Crippen LogP contribution in [0.4, 0.5) is 0 Å². The zero-order chi connectivity index (χ0) is 18.3. The highest BCUT2D eigenvalue weighted by Gasteiger charge is 2.47. The fraction of sp³-hybridized carbons (Fsp3) is 0.353. The molecule has 1 fully saturated rings. The van der Waals surface area contributed by atoms with Gasteiger partial charge in [0.2, 0.25) is 10.0 Å². The molecule has 25 heavy (non-hydrogen) atoms. The molecule has 0 unspecified atom stereocenters. The van der Waals surface area contributed by atoms with Crippen LogP contribution >= 0.6 is 0 Å². The number of aromatic nitrogens is 1. The van der Waals surface area contributed by atoms with Crippen LogP contribution in [-0.4, -0.2) is 49.7 Å². The summed E-state index contributed by atoms with van der Waals surface area (Å²) < 4.78 is 52.0. The number of hydrogen-bond donors (Lipinski definition) is 0. The Hall–Kier alpha value is -1.77. The molecule has 134 valence electrons. The van der Waals surface area contributed by atoms with E-state index in [9.17, 15) is 16.8 Å². The topological polar surface area (TPSA) is 84.4 Å². The van der Waals surface area contributed by atoms with E-state index in [2.05, 4.69) is 11.6 Å². The van der Waals surface area contributed by atoms with E-state index in [4.69, 9.17) is 0 Å². The van der Waals surface area contributed by atoms with Crippen molar-refractivity contribution in [2.75, 3.05) is 18.1 Å². The van der Waals surface area contributed by atoms with Crippen molar-refractivity contribution in [1.82, 2.24) is 9.29 Å². The molecule has 1 aliphatic rings. The van der Waals surface area contributed by atoms with E-state index in [0.29, 0.717) is 10.9 Å². The van der Waals surface area contributed by atoms with E-state index in [1.54, 1.807) is 37.4 Å². The van der Waals surface area contributed by atoms with Gasteiger partial charge in [-0.1, -0.05) is 24.3 Å².